The Kier molecular flexibility index (Phi) is 3.38. The minimum Gasteiger partial charge on any atom is -0.477 e. The summed E-state index contributed by atoms with van der Waals surface area (Å²) in [7, 11) is 0. The Hall–Kier alpha value is -1.62. The van der Waals surface area contributed by atoms with E-state index in [9.17, 15) is 4.79 Å². The molecular formula is C14H19N3O2. The minimum absolute atomic E-state index is 0.417. The van der Waals surface area contributed by atoms with Gasteiger partial charge in [0.2, 0.25) is 5.88 Å². The summed E-state index contributed by atoms with van der Waals surface area (Å²) in [6.07, 6.45) is 4.15. The van der Waals surface area contributed by atoms with E-state index in [1.165, 1.54) is 0 Å². The molecule has 0 spiro atoms. The molecule has 102 valence electrons. The third-order valence-electron chi connectivity index (χ3n) is 3.90. The summed E-state index contributed by atoms with van der Waals surface area (Å²) in [5.74, 6) is 0.456. The highest BCUT2D eigenvalue weighted by atomic mass is 16.5. The molecule has 1 saturated heterocycles. The zero-order valence-electron chi connectivity index (χ0n) is 10.9. The molecule has 0 radical (unpaired) electrons. The van der Waals surface area contributed by atoms with Crippen molar-refractivity contribution in [3.8, 4) is 5.88 Å². The first kappa shape index (κ1) is 12.4. The fourth-order valence-electron chi connectivity index (χ4n) is 2.79. The average Bonchev–Trinajstić information content (AvgIpc) is 3.05. The van der Waals surface area contributed by atoms with Gasteiger partial charge in [0.1, 0.15) is 5.56 Å². The Labute approximate surface area is 112 Å². The van der Waals surface area contributed by atoms with Crippen molar-refractivity contribution in [2.45, 2.75) is 25.7 Å². The Morgan fingerprint density at radius 1 is 1.53 bits per heavy atom. The van der Waals surface area contributed by atoms with Gasteiger partial charge in [-0.2, -0.15) is 0 Å². The number of pyridine rings is 1. The summed E-state index contributed by atoms with van der Waals surface area (Å²) < 4.78 is 5.76. The van der Waals surface area contributed by atoms with Gasteiger partial charge in [-0.05, 0) is 43.9 Å². The summed E-state index contributed by atoms with van der Waals surface area (Å²) in [5.41, 5.74) is 8.05. The number of aryl methyl sites for hydroxylation is 2. The lowest BCUT2D eigenvalue weighted by Gasteiger charge is -2.13. The molecule has 19 heavy (non-hydrogen) atoms. The van der Waals surface area contributed by atoms with Crippen LogP contribution in [0.4, 0.5) is 0 Å². The van der Waals surface area contributed by atoms with Gasteiger partial charge in [0.05, 0.1) is 6.61 Å². The third kappa shape index (κ3) is 2.56. The number of fused-ring (bicyclic) bond motifs is 1. The first-order valence-electron chi connectivity index (χ1n) is 6.90. The normalized spacial score (nSPS) is 21.4. The number of primary amides is 1. The lowest BCUT2D eigenvalue weighted by atomic mass is 10.1. The topological polar surface area (TPSA) is 77.2 Å². The van der Waals surface area contributed by atoms with Crippen LogP contribution in [0.25, 0.3) is 0 Å². The van der Waals surface area contributed by atoms with E-state index in [4.69, 9.17) is 10.5 Å². The predicted molar refractivity (Wildman–Crippen MR) is 71.3 cm³/mol. The molecule has 1 aliphatic carbocycles. The summed E-state index contributed by atoms with van der Waals surface area (Å²) in [4.78, 5) is 16.0. The number of rotatable bonds is 4. The molecule has 1 unspecified atom stereocenters. The van der Waals surface area contributed by atoms with Crippen LogP contribution in [0.2, 0.25) is 0 Å². The van der Waals surface area contributed by atoms with Gasteiger partial charge in [-0.1, -0.05) is 0 Å². The highest BCUT2D eigenvalue weighted by Crippen LogP contribution is 2.27. The Morgan fingerprint density at radius 3 is 3.16 bits per heavy atom. The number of ether oxygens (including phenoxy) is 1. The lowest BCUT2D eigenvalue weighted by molar-refractivity contribution is 0.0994. The van der Waals surface area contributed by atoms with Crippen molar-refractivity contribution < 1.29 is 9.53 Å². The second-order valence-corrected chi connectivity index (χ2v) is 5.33. The molecule has 5 nitrogen and oxygen atoms in total. The molecule has 3 rings (SSSR count). The maximum atomic E-state index is 11.5. The van der Waals surface area contributed by atoms with Gasteiger partial charge in [0.15, 0.2) is 0 Å². The van der Waals surface area contributed by atoms with E-state index in [-0.39, 0.29) is 0 Å². The molecule has 0 saturated carbocycles. The maximum Gasteiger partial charge on any atom is 0.254 e. The monoisotopic (exact) mass is 261 g/mol. The smallest absolute Gasteiger partial charge is 0.254 e. The number of nitrogens with two attached hydrogens (primary N) is 1. The highest BCUT2D eigenvalue weighted by molar-refractivity contribution is 5.95. The van der Waals surface area contributed by atoms with E-state index < -0.39 is 5.91 Å². The van der Waals surface area contributed by atoms with Crippen molar-refractivity contribution in [2.75, 3.05) is 19.7 Å². The number of hydrogen-bond acceptors (Lipinski definition) is 4. The van der Waals surface area contributed by atoms with Crippen molar-refractivity contribution in [3.05, 3.63) is 22.9 Å². The number of nitrogens with zero attached hydrogens (tertiary/aromatic N) is 1. The average molecular weight is 261 g/mol. The van der Waals surface area contributed by atoms with E-state index in [1.54, 1.807) is 0 Å². The van der Waals surface area contributed by atoms with Crippen LogP contribution in [-0.2, 0) is 12.8 Å². The van der Waals surface area contributed by atoms with Crippen LogP contribution in [0, 0.1) is 5.92 Å². The largest absolute Gasteiger partial charge is 0.477 e. The first-order valence-corrected chi connectivity index (χ1v) is 6.90. The van der Waals surface area contributed by atoms with Gasteiger partial charge < -0.3 is 15.8 Å². The molecule has 1 fully saturated rings. The fourth-order valence-corrected chi connectivity index (χ4v) is 2.79. The molecule has 1 amide bonds. The second-order valence-electron chi connectivity index (χ2n) is 5.33. The van der Waals surface area contributed by atoms with E-state index in [0.717, 1.165) is 50.0 Å². The van der Waals surface area contributed by atoms with Gasteiger partial charge >= 0.3 is 0 Å². The number of nitrogens with one attached hydrogen (secondary N) is 1. The van der Waals surface area contributed by atoms with Crippen molar-refractivity contribution in [3.63, 3.8) is 0 Å². The summed E-state index contributed by atoms with van der Waals surface area (Å²) in [6, 6.07) is 1.86. The van der Waals surface area contributed by atoms with E-state index in [1.807, 2.05) is 6.07 Å². The van der Waals surface area contributed by atoms with E-state index in [2.05, 4.69) is 10.3 Å². The molecule has 2 aliphatic rings. The van der Waals surface area contributed by atoms with Crippen molar-refractivity contribution in [2.24, 2.45) is 11.7 Å². The number of carbonyl (C=O) groups excluding carboxylic acids is 1. The number of aromatic nitrogens is 1. The zero-order valence-corrected chi connectivity index (χ0v) is 10.9. The van der Waals surface area contributed by atoms with Crippen LogP contribution in [0.5, 0.6) is 5.88 Å². The van der Waals surface area contributed by atoms with Crippen LogP contribution in [0.15, 0.2) is 6.07 Å². The van der Waals surface area contributed by atoms with Gasteiger partial charge in [0.25, 0.3) is 5.91 Å². The van der Waals surface area contributed by atoms with Crippen molar-refractivity contribution in [1.29, 1.82) is 0 Å². The van der Waals surface area contributed by atoms with E-state index >= 15 is 0 Å². The Morgan fingerprint density at radius 2 is 2.42 bits per heavy atom. The fraction of sp³-hybridized carbons (Fsp3) is 0.571. The first-order chi connectivity index (χ1) is 9.24. The molecular weight excluding hydrogens is 242 g/mol. The molecule has 0 aromatic carbocycles. The van der Waals surface area contributed by atoms with Crippen LogP contribution in [0.3, 0.4) is 0 Å². The zero-order chi connectivity index (χ0) is 13.2. The quantitative estimate of drug-likeness (QED) is 0.834. The molecule has 3 N–H and O–H groups in total. The number of carbonyl (C=O) groups is 1. The van der Waals surface area contributed by atoms with Gasteiger partial charge in [0, 0.05) is 18.2 Å². The molecule has 1 aliphatic heterocycles. The second kappa shape index (κ2) is 5.17. The molecule has 5 heteroatoms. The number of amides is 1. The minimum atomic E-state index is -0.457. The van der Waals surface area contributed by atoms with Crippen molar-refractivity contribution in [1.82, 2.24) is 10.3 Å². The lowest BCUT2D eigenvalue weighted by Crippen LogP contribution is -2.19. The number of hydrogen-bond donors (Lipinski definition) is 2. The summed E-state index contributed by atoms with van der Waals surface area (Å²) >= 11 is 0. The van der Waals surface area contributed by atoms with Crippen LogP contribution < -0.4 is 15.8 Å². The van der Waals surface area contributed by atoms with Gasteiger partial charge in [-0.15, -0.1) is 0 Å². The standard InChI is InChI=1S/C14H19N3O2/c15-13(18)11-6-10-2-1-3-12(10)17-14(11)19-8-9-4-5-16-7-9/h6,9,16H,1-5,7-8H2,(H2,15,18). The molecule has 1 atom stereocenters. The predicted octanol–water partition coefficient (Wildman–Crippen LogP) is 0.657. The molecule has 0 bridgehead atoms. The third-order valence-corrected chi connectivity index (χ3v) is 3.90. The van der Waals surface area contributed by atoms with Gasteiger partial charge in [-0.25, -0.2) is 4.98 Å². The molecule has 1 aromatic heterocycles. The van der Waals surface area contributed by atoms with E-state index in [0.29, 0.717) is 24.0 Å². The Balaban J connectivity index is 1.80. The molecule has 1 aromatic rings. The SMILES string of the molecule is NC(=O)c1cc2c(nc1OCC1CCNC1)CCC2. The molecule has 2 heterocycles. The summed E-state index contributed by atoms with van der Waals surface area (Å²) in [6.45, 7) is 2.60. The van der Waals surface area contributed by atoms with Gasteiger partial charge in [-0.3, -0.25) is 4.79 Å². The van der Waals surface area contributed by atoms with Crippen molar-refractivity contribution >= 4 is 5.91 Å². The highest BCUT2D eigenvalue weighted by Gasteiger charge is 2.21. The van der Waals surface area contributed by atoms with Crippen LogP contribution in [0.1, 0.15) is 34.5 Å². The van der Waals surface area contributed by atoms with Crippen LogP contribution >= 0.6 is 0 Å². The Bertz CT molecular complexity index is 496. The maximum absolute atomic E-state index is 11.5. The summed E-state index contributed by atoms with van der Waals surface area (Å²) in [5, 5.41) is 3.30. The van der Waals surface area contributed by atoms with Crippen LogP contribution in [-0.4, -0.2) is 30.6 Å².